The standard InChI is InChI=1S/C21H23NO3/c1-21(2)13-14-7-5-6-8-16(14)18(22-21)12-19(23)17-11-15(24-3)9-10-20(17)25-4/h5-11H,12-13H2,1-4H3. The molecule has 130 valence electrons. The maximum Gasteiger partial charge on any atom is 0.172 e. The largest absolute Gasteiger partial charge is 0.497 e. The van der Waals surface area contributed by atoms with Gasteiger partial charge in [0, 0.05) is 0 Å². The van der Waals surface area contributed by atoms with Crippen molar-refractivity contribution in [3.8, 4) is 11.5 Å². The molecule has 0 saturated carbocycles. The summed E-state index contributed by atoms with van der Waals surface area (Å²) in [6.07, 6.45) is 1.12. The Morgan fingerprint density at radius 3 is 2.60 bits per heavy atom. The van der Waals surface area contributed by atoms with Gasteiger partial charge in [0.15, 0.2) is 5.78 Å². The van der Waals surface area contributed by atoms with Crippen LogP contribution in [0.5, 0.6) is 11.5 Å². The Morgan fingerprint density at radius 2 is 1.88 bits per heavy atom. The molecule has 0 aliphatic carbocycles. The maximum atomic E-state index is 13.0. The number of ketones is 1. The van der Waals surface area contributed by atoms with E-state index < -0.39 is 0 Å². The van der Waals surface area contributed by atoms with Crippen LogP contribution in [0.3, 0.4) is 0 Å². The molecule has 0 unspecified atom stereocenters. The number of nitrogens with zero attached hydrogens (tertiary/aromatic N) is 1. The van der Waals surface area contributed by atoms with E-state index in [1.807, 2.05) is 18.2 Å². The number of Topliss-reactive ketones (excluding diaryl/α,β-unsaturated/α-hetero) is 1. The molecule has 1 aliphatic heterocycles. The second-order valence-electron chi connectivity index (χ2n) is 6.87. The molecule has 4 nitrogen and oxygen atoms in total. The van der Waals surface area contributed by atoms with Crippen LogP contribution < -0.4 is 9.47 Å². The average molecular weight is 337 g/mol. The highest BCUT2D eigenvalue weighted by Crippen LogP contribution is 2.30. The van der Waals surface area contributed by atoms with Gasteiger partial charge in [-0.2, -0.15) is 0 Å². The van der Waals surface area contributed by atoms with Gasteiger partial charge in [-0.25, -0.2) is 0 Å². The number of methoxy groups -OCH3 is 2. The Bertz CT molecular complexity index is 837. The van der Waals surface area contributed by atoms with E-state index in [-0.39, 0.29) is 17.7 Å². The lowest BCUT2D eigenvalue weighted by Crippen LogP contribution is -2.30. The topological polar surface area (TPSA) is 47.9 Å². The number of benzene rings is 2. The summed E-state index contributed by atoms with van der Waals surface area (Å²) in [7, 11) is 3.15. The summed E-state index contributed by atoms with van der Waals surface area (Å²) >= 11 is 0. The molecule has 0 bridgehead atoms. The molecule has 0 radical (unpaired) electrons. The van der Waals surface area contributed by atoms with Crippen LogP contribution in [0, 0.1) is 0 Å². The molecule has 0 amide bonds. The quantitative estimate of drug-likeness (QED) is 0.772. The summed E-state index contributed by atoms with van der Waals surface area (Å²) in [6, 6.07) is 13.4. The summed E-state index contributed by atoms with van der Waals surface area (Å²) in [5, 5.41) is 0. The molecule has 2 aromatic carbocycles. The zero-order valence-corrected chi connectivity index (χ0v) is 15.1. The number of rotatable bonds is 5. The predicted octanol–water partition coefficient (Wildman–Crippen LogP) is 4.10. The smallest absolute Gasteiger partial charge is 0.172 e. The fourth-order valence-corrected chi connectivity index (χ4v) is 3.30. The Hall–Kier alpha value is -2.62. The van der Waals surface area contributed by atoms with E-state index in [9.17, 15) is 4.79 Å². The van der Waals surface area contributed by atoms with Crippen molar-refractivity contribution < 1.29 is 14.3 Å². The minimum Gasteiger partial charge on any atom is -0.497 e. The monoisotopic (exact) mass is 337 g/mol. The summed E-state index contributed by atoms with van der Waals surface area (Å²) < 4.78 is 10.6. The highest BCUT2D eigenvalue weighted by Gasteiger charge is 2.28. The van der Waals surface area contributed by atoms with Crippen molar-refractivity contribution in [2.24, 2.45) is 4.99 Å². The van der Waals surface area contributed by atoms with E-state index in [1.54, 1.807) is 32.4 Å². The van der Waals surface area contributed by atoms with Crippen LogP contribution >= 0.6 is 0 Å². The van der Waals surface area contributed by atoms with E-state index in [0.29, 0.717) is 17.1 Å². The van der Waals surface area contributed by atoms with Gasteiger partial charge in [0.1, 0.15) is 11.5 Å². The van der Waals surface area contributed by atoms with Crippen LogP contribution in [0.2, 0.25) is 0 Å². The number of aliphatic imine (C=N–C) groups is 1. The molecule has 4 heteroatoms. The molecule has 25 heavy (non-hydrogen) atoms. The van der Waals surface area contributed by atoms with Crippen molar-refractivity contribution in [2.75, 3.05) is 14.2 Å². The Kier molecular flexibility index (Phi) is 4.62. The van der Waals surface area contributed by atoms with Gasteiger partial charge in [-0.05, 0) is 49.6 Å². The molecule has 2 aromatic rings. The fraction of sp³-hybridized carbons (Fsp3) is 0.333. The third-order valence-corrected chi connectivity index (χ3v) is 4.42. The number of carbonyl (C=O) groups is 1. The zero-order chi connectivity index (χ0) is 18.0. The second kappa shape index (κ2) is 6.71. The molecular weight excluding hydrogens is 314 g/mol. The van der Waals surface area contributed by atoms with Crippen LogP contribution in [0.15, 0.2) is 47.5 Å². The normalized spacial score (nSPS) is 15.1. The van der Waals surface area contributed by atoms with Crippen LogP contribution in [0.1, 0.15) is 41.8 Å². The van der Waals surface area contributed by atoms with E-state index in [0.717, 1.165) is 17.7 Å². The van der Waals surface area contributed by atoms with Crippen LogP contribution in [-0.4, -0.2) is 31.3 Å². The molecule has 0 N–H and O–H groups in total. The van der Waals surface area contributed by atoms with Gasteiger partial charge in [-0.1, -0.05) is 24.3 Å². The van der Waals surface area contributed by atoms with E-state index in [4.69, 9.17) is 14.5 Å². The van der Waals surface area contributed by atoms with Gasteiger partial charge in [0.05, 0.1) is 37.5 Å². The van der Waals surface area contributed by atoms with Crippen LogP contribution in [0.25, 0.3) is 0 Å². The molecule has 1 aliphatic rings. The molecule has 1 heterocycles. The van der Waals surface area contributed by atoms with Gasteiger partial charge in [-0.15, -0.1) is 0 Å². The third kappa shape index (κ3) is 3.58. The number of hydrogen-bond donors (Lipinski definition) is 0. The second-order valence-corrected chi connectivity index (χ2v) is 6.87. The molecule has 0 aromatic heterocycles. The molecule has 0 saturated heterocycles. The van der Waals surface area contributed by atoms with Crippen LogP contribution in [0.4, 0.5) is 0 Å². The van der Waals surface area contributed by atoms with Crippen molar-refractivity contribution in [1.29, 1.82) is 0 Å². The van der Waals surface area contributed by atoms with Gasteiger partial charge in [0.25, 0.3) is 0 Å². The Labute approximate surface area is 148 Å². The summed E-state index contributed by atoms with van der Waals surface area (Å²) in [6.45, 7) is 4.19. The molecular formula is C21H23NO3. The zero-order valence-electron chi connectivity index (χ0n) is 15.1. The van der Waals surface area contributed by atoms with Crippen molar-refractivity contribution in [3.63, 3.8) is 0 Å². The number of carbonyl (C=O) groups excluding carboxylic acids is 1. The van der Waals surface area contributed by atoms with E-state index in [2.05, 4.69) is 19.9 Å². The lowest BCUT2D eigenvalue weighted by molar-refractivity contribution is 0.0997. The van der Waals surface area contributed by atoms with Gasteiger partial charge in [-0.3, -0.25) is 9.79 Å². The molecule has 3 rings (SSSR count). The minimum absolute atomic E-state index is 0.0259. The predicted molar refractivity (Wildman–Crippen MR) is 99.3 cm³/mol. The lowest BCUT2D eigenvalue weighted by atomic mass is 9.85. The van der Waals surface area contributed by atoms with Crippen molar-refractivity contribution in [1.82, 2.24) is 0 Å². The minimum atomic E-state index is -0.206. The highest BCUT2D eigenvalue weighted by molar-refractivity contribution is 6.17. The first-order chi connectivity index (χ1) is 11.9. The summed E-state index contributed by atoms with van der Waals surface area (Å²) in [5.41, 5.74) is 3.45. The first-order valence-electron chi connectivity index (χ1n) is 8.36. The van der Waals surface area contributed by atoms with Crippen molar-refractivity contribution >= 4 is 11.5 Å². The Morgan fingerprint density at radius 1 is 1.12 bits per heavy atom. The van der Waals surface area contributed by atoms with Gasteiger partial charge in [0.2, 0.25) is 0 Å². The van der Waals surface area contributed by atoms with Crippen molar-refractivity contribution in [2.45, 2.75) is 32.2 Å². The summed E-state index contributed by atoms with van der Waals surface area (Å²) in [5.74, 6) is 1.16. The van der Waals surface area contributed by atoms with Crippen LogP contribution in [-0.2, 0) is 6.42 Å². The van der Waals surface area contributed by atoms with Crippen molar-refractivity contribution in [3.05, 3.63) is 59.2 Å². The molecule has 0 fully saturated rings. The lowest BCUT2D eigenvalue weighted by Gasteiger charge is -2.29. The number of hydrogen-bond acceptors (Lipinski definition) is 4. The summed E-state index contributed by atoms with van der Waals surface area (Å²) in [4.78, 5) is 17.8. The molecule has 0 atom stereocenters. The number of ether oxygens (including phenoxy) is 2. The highest BCUT2D eigenvalue weighted by atomic mass is 16.5. The van der Waals surface area contributed by atoms with E-state index in [1.165, 1.54) is 5.56 Å². The SMILES string of the molecule is COc1ccc(OC)c(C(=O)CC2=NC(C)(C)Cc3ccccc32)c1. The van der Waals surface area contributed by atoms with Gasteiger partial charge >= 0.3 is 0 Å². The van der Waals surface area contributed by atoms with E-state index >= 15 is 0 Å². The Balaban J connectivity index is 1.96. The fourth-order valence-electron chi connectivity index (χ4n) is 3.30. The molecule has 0 spiro atoms. The third-order valence-electron chi connectivity index (χ3n) is 4.42. The van der Waals surface area contributed by atoms with Gasteiger partial charge < -0.3 is 9.47 Å². The number of fused-ring (bicyclic) bond motifs is 1. The first-order valence-corrected chi connectivity index (χ1v) is 8.36. The average Bonchev–Trinajstić information content (AvgIpc) is 2.60. The first kappa shape index (κ1) is 17.2. The maximum absolute atomic E-state index is 13.0.